The van der Waals surface area contributed by atoms with E-state index in [1.165, 1.54) is 5.56 Å². The lowest BCUT2D eigenvalue weighted by molar-refractivity contribution is 0.449. The quantitative estimate of drug-likeness (QED) is 0.641. The third-order valence-corrected chi connectivity index (χ3v) is 3.27. The molecule has 3 N–H and O–H groups in total. The van der Waals surface area contributed by atoms with E-state index in [0.29, 0.717) is 5.92 Å². The van der Waals surface area contributed by atoms with Gasteiger partial charge < -0.3 is 4.42 Å². The fraction of sp³-hybridized carbons (Fsp3) is 0.333. The molecule has 0 saturated heterocycles. The van der Waals surface area contributed by atoms with E-state index >= 15 is 0 Å². The van der Waals surface area contributed by atoms with Crippen molar-refractivity contribution in [2.24, 2.45) is 5.84 Å². The standard InChI is InChI=1S/C15H20N2O/c1-10(2)12-4-6-13(7-5-12)14(17-16)15-11(3)8-9-18-15/h4-10,14,17H,16H2,1-3H3. The van der Waals surface area contributed by atoms with Gasteiger partial charge in [-0.25, -0.2) is 5.43 Å². The molecule has 18 heavy (non-hydrogen) atoms. The molecule has 0 saturated carbocycles. The largest absolute Gasteiger partial charge is 0.467 e. The second-order valence-corrected chi connectivity index (χ2v) is 4.89. The molecule has 2 aromatic rings. The van der Waals surface area contributed by atoms with E-state index in [-0.39, 0.29) is 6.04 Å². The van der Waals surface area contributed by atoms with E-state index in [0.717, 1.165) is 16.9 Å². The molecule has 1 heterocycles. The topological polar surface area (TPSA) is 51.2 Å². The van der Waals surface area contributed by atoms with E-state index in [9.17, 15) is 0 Å². The Labute approximate surface area is 108 Å². The molecule has 96 valence electrons. The molecule has 0 radical (unpaired) electrons. The normalized spacial score (nSPS) is 12.9. The van der Waals surface area contributed by atoms with Gasteiger partial charge in [0.1, 0.15) is 11.8 Å². The Morgan fingerprint density at radius 1 is 1.06 bits per heavy atom. The Bertz CT molecular complexity index is 499. The van der Waals surface area contributed by atoms with Crippen molar-refractivity contribution in [2.45, 2.75) is 32.7 Å². The van der Waals surface area contributed by atoms with Gasteiger partial charge in [-0.3, -0.25) is 5.84 Å². The van der Waals surface area contributed by atoms with Crippen LogP contribution in [-0.4, -0.2) is 0 Å². The SMILES string of the molecule is Cc1ccoc1C(NN)c1ccc(C(C)C)cc1. The first-order valence-corrected chi connectivity index (χ1v) is 6.23. The van der Waals surface area contributed by atoms with Crippen LogP contribution in [0.25, 0.3) is 0 Å². The van der Waals surface area contributed by atoms with Crippen molar-refractivity contribution in [3.05, 3.63) is 59.0 Å². The zero-order chi connectivity index (χ0) is 13.1. The Morgan fingerprint density at radius 2 is 1.67 bits per heavy atom. The van der Waals surface area contributed by atoms with Crippen LogP contribution >= 0.6 is 0 Å². The van der Waals surface area contributed by atoms with Crippen molar-refractivity contribution < 1.29 is 4.42 Å². The maximum absolute atomic E-state index is 5.65. The second-order valence-electron chi connectivity index (χ2n) is 4.89. The third-order valence-electron chi connectivity index (χ3n) is 3.27. The van der Waals surface area contributed by atoms with Gasteiger partial charge in [-0.2, -0.15) is 0 Å². The minimum Gasteiger partial charge on any atom is -0.467 e. The molecule has 0 spiro atoms. The number of hydrazine groups is 1. The van der Waals surface area contributed by atoms with E-state index in [1.807, 2.05) is 13.0 Å². The smallest absolute Gasteiger partial charge is 0.129 e. The molecule has 0 fully saturated rings. The van der Waals surface area contributed by atoms with Crippen LogP contribution in [0.15, 0.2) is 41.0 Å². The van der Waals surface area contributed by atoms with Crippen LogP contribution in [0.4, 0.5) is 0 Å². The average Bonchev–Trinajstić information content (AvgIpc) is 2.78. The zero-order valence-corrected chi connectivity index (χ0v) is 11.1. The average molecular weight is 244 g/mol. The van der Waals surface area contributed by atoms with Crippen molar-refractivity contribution in [2.75, 3.05) is 0 Å². The van der Waals surface area contributed by atoms with Gasteiger partial charge in [0.05, 0.1) is 6.26 Å². The fourth-order valence-electron chi connectivity index (χ4n) is 2.08. The summed E-state index contributed by atoms with van der Waals surface area (Å²) in [5.74, 6) is 7.06. The van der Waals surface area contributed by atoms with Gasteiger partial charge in [-0.05, 0) is 35.6 Å². The van der Waals surface area contributed by atoms with Crippen LogP contribution < -0.4 is 11.3 Å². The number of hydrogen-bond acceptors (Lipinski definition) is 3. The molecule has 1 aromatic carbocycles. The van der Waals surface area contributed by atoms with Crippen LogP contribution in [0.1, 0.15) is 48.3 Å². The monoisotopic (exact) mass is 244 g/mol. The summed E-state index contributed by atoms with van der Waals surface area (Å²) >= 11 is 0. The molecular formula is C15H20N2O. The Balaban J connectivity index is 2.31. The Kier molecular flexibility index (Phi) is 3.84. The number of aryl methyl sites for hydroxylation is 1. The Hall–Kier alpha value is -1.58. The summed E-state index contributed by atoms with van der Waals surface area (Å²) in [5.41, 5.74) is 6.35. The highest BCUT2D eigenvalue weighted by molar-refractivity contribution is 5.33. The molecule has 2 rings (SSSR count). The molecule has 1 aromatic heterocycles. The van der Waals surface area contributed by atoms with E-state index in [4.69, 9.17) is 10.3 Å². The molecule has 0 amide bonds. The van der Waals surface area contributed by atoms with E-state index in [2.05, 4.69) is 43.5 Å². The minimum absolute atomic E-state index is 0.0961. The number of nitrogens with two attached hydrogens (primary N) is 1. The van der Waals surface area contributed by atoms with Crippen molar-refractivity contribution in [1.29, 1.82) is 0 Å². The van der Waals surface area contributed by atoms with Crippen molar-refractivity contribution in [3.63, 3.8) is 0 Å². The highest BCUT2D eigenvalue weighted by atomic mass is 16.3. The summed E-state index contributed by atoms with van der Waals surface area (Å²) in [7, 11) is 0. The highest BCUT2D eigenvalue weighted by Gasteiger charge is 2.17. The molecule has 3 heteroatoms. The maximum Gasteiger partial charge on any atom is 0.129 e. The van der Waals surface area contributed by atoms with Crippen LogP contribution in [-0.2, 0) is 0 Å². The van der Waals surface area contributed by atoms with Crippen LogP contribution in [0.5, 0.6) is 0 Å². The molecule has 0 aliphatic carbocycles. The third kappa shape index (κ3) is 2.47. The molecule has 3 nitrogen and oxygen atoms in total. The van der Waals surface area contributed by atoms with E-state index < -0.39 is 0 Å². The predicted molar refractivity (Wildman–Crippen MR) is 73.1 cm³/mol. The van der Waals surface area contributed by atoms with Gasteiger partial charge in [0, 0.05) is 0 Å². The predicted octanol–water partition coefficient (Wildman–Crippen LogP) is 3.26. The minimum atomic E-state index is -0.0961. The lowest BCUT2D eigenvalue weighted by atomic mass is 9.97. The van der Waals surface area contributed by atoms with E-state index in [1.54, 1.807) is 6.26 Å². The molecule has 1 atom stereocenters. The Morgan fingerprint density at radius 3 is 2.11 bits per heavy atom. The van der Waals surface area contributed by atoms with Crippen LogP contribution in [0.3, 0.4) is 0 Å². The maximum atomic E-state index is 5.65. The first-order valence-electron chi connectivity index (χ1n) is 6.23. The molecular weight excluding hydrogens is 224 g/mol. The van der Waals surface area contributed by atoms with Gasteiger partial charge in [0.2, 0.25) is 0 Å². The molecule has 0 aliphatic rings. The van der Waals surface area contributed by atoms with Gasteiger partial charge >= 0.3 is 0 Å². The number of rotatable bonds is 4. The van der Waals surface area contributed by atoms with Crippen molar-refractivity contribution >= 4 is 0 Å². The number of hydrogen-bond donors (Lipinski definition) is 2. The summed E-state index contributed by atoms with van der Waals surface area (Å²) in [4.78, 5) is 0. The van der Waals surface area contributed by atoms with Crippen LogP contribution in [0, 0.1) is 6.92 Å². The second kappa shape index (κ2) is 5.38. The zero-order valence-electron chi connectivity index (χ0n) is 11.1. The van der Waals surface area contributed by atoms with Crippen LogP contribution in [0.2, 0.25) is 0 Å². The summed E-state index contributed by atoms with van der Waals surface area (Å²) in [6, 6.07) is 10.3. The van der Waals surface area contributed by atoms with Gasteiger partial charge in [0.15, 0.2) is 0 Å². The molecule has 1 unspecified atom stereocenters. The van der Waals surface area contributed by atoms with Gasteiger partial charge in [0.25, 0.3) is 0 Å². The number of benzene rings is 1. The van der Waals surface area contributed by atoms with Gasteiger partial charge in [-0.15, -0.1) is 0 Å². The van der Waals surface area contributed by atoms with Crippen molar-refractivity contribution in [3.8, 4) is 0 Å². The lowest BCUT2D eigenvalue weighted by Crippen LogP contribution is -2.29. The first kappa shape index (κ1) is 12.9. The molecule has 0 aliphatic heterocycles. The summed E-state index contributed by atoms with van der Waals surface area (Å²) in [6.45, 7) is 6.39. The fourth-order valence-corrected chi connectivity index (χ4v) is 2.08. The summed E-state index contributed by atoms with van der Waals surface area (Å²) in [6.07, 6.45) is 1.69. The lowest BCUT2D eigenvalue weighted by Gasteiger charge is -2.16. The van der Waals surface area contributed by atoms with Gasteiger partial charge in [-0.1, -0.05) is 38.1 Å². The molecule has 0 bridgehead atoms. The number of nitrogens with one attached hydrogen (secondary N) is 1. The summed E-state index contributed by atoms with van der Waals surface area (Å²) in [5, 5.41) is 0. The highest BCUT2D eigenvalue weighted by Crippen LogP contribution is 2.26. The summed E-state index contributed by atoms with van der Waals surface area (Å²) < 4.78 is 5.51. The number of furan rings is 1. The van der Waals surface area contributed by atoms with Crippen molar-refractivity contribution in [1.82, 2.24) is 5.43 Å². The first-order chi connectivity index (χ1) is 8.63.